The van der Waals surface area contributed by atoms with Crippen LogP contribution in [-0.4, -0.2) is 42.5 Å². The Hall–Kier alpha value is -1.07. The van der Waals surface area contributed by atoms with Gasteiger partial charge in [-0.3, -0.25) is 4.90 Å². The summed E-state index contributed by atoms with van der Waals surface area (Å²) in [5.74, 6) is 0.995. The summed E-state index contributed by atoms with van der Waals surface area (Å²) in [6.45, 7) is 9.65. The van der Waals surface area contributed by atoms with Crippen molar-refractivity contribution in [3.8, 4) is 0 Å². The van der Waals surface area contributed by atoms with Crippen molar-refractivity contribution in [2.24, 2.45) is 5.92 Å². The molecule has 1 saturated heterocycles. The van der Waals surface area contributed by atoms with Crippen molar-refractivity contribution >= 4 is 0 Å². The molecule has 1 aliphatic heterocycles. The zero-order valence-corrected chi connectivity index (χ0v) is 14.6. The van der Waals surface area contributed by atoms with E-state index in [2.05, 4.69) is 9.80 Å². The second kappa shape index (κ2) is 7.04. The van der Waals surface area contributed by atoms with Crippen LogP contribution in [0.25, 0.3) is 0 Å². The number of piperazine rings is 1. The molecule has 1 saturated carbocycles. The van der Waals surface area contributed by atoms with Gasteiger partial charge in [0.2, 0.25) is 0 Å². The number of alkyl halides is 3. The fourth-order valence-corrected chi connectivity index (χ4v) is 3.36. The first-order valence-corrected chi connectivity index (χ1v) is 8.97. The zero-order chi connectivity index (χ0) is 17.3. The zero-order valence-electron chi connectivity index (χ0n) is 14.6. The largest absolute Gasteiger partial charge is 0.416 e. The Balaban J connectivity index is 1.64. The molecule has 0 radical (unpaired) electrons. The Kier molecular flexibility index (Phi) is 5.21. The van der Waals surface area contributed by atoms with E-state index in [4.69, 9.17) is 0 Å². The fourth-order valence-electron chi connectivity index (χ4n) is 3.36. The van der Waals surface area contributed by atoms with Gasteiger partial charge in [-0.15, -0.1) is 0 Å². The first-order valence-electron chi connectivity index (χ1n) is 8.97. The van der Waals surface area contributed by atoms with Crippen LogP contribution in [0.3, 0.4) is 0 Å². The van der Waals surface area contributed by atoms with Crippen LogP contribution in [0.2, 0.25) is 0 Å². The number of rotatable bonds is 5. The monoisotopic (exact) mass is 340 g/mol. The SMILES string of the molecule is CC(C)c1cc(CN2CCN(CC3CC3)CC2)cc(C(F)(F)F)c1. The molecule has 0 unspecified atom stereocenters. The van der Waals surface area contributed by atoms with Crippen LogP contribution < -0.4 is 0 Å². The van der Waals surface area contributed by atoms with Gasteiger partial charge in [-0.25, -0.2) is 0 Å². The van der Waals surface area contributed by atoms with Crippen molar-refractivity contribution in [1.29, 1.82) is 0 Å². The number of halogens is 3. The van der Waals surface area contributed by atoms with E-state index in [1.165, 1.54) is 31.5 Å². The Morgan fingerprint density at radius 1 is 1.00 bits per heavy atom. The smallest absolute Gasteiger partial charge is 0.301 e. The third-order valence-corrected chi connectivity index (χ3v) is 5.09. The molecule has 2 fully saturated rings. The maximum Gasteiger partial charge on any atom is 0.416 e. The van der Waals surface area contributed by atoms with E-state index in [0.29, 0.717) is 6.54 Å². The lowest BCUT2D eigenvalue weighted by atomic mass is 9.97. The summed E-state index contributed by atoms with van der Waals surface area (Å²) in [4.78, 5) is 4.78. The van der Waals surface area contributed by atoms with Gasteiger partial charge in [0.15, 0.2) is 0 Å². The Labute approximate surface area is 142 Å². The van der Waals surface area contributed by atoms with Crippen LogP contribution in [0.1, 0.15) is 49.3 Å². The highest BCUT2D eigenvalue weighted by Gasteiger charge is 2.32. The summed E-state index contributed by atoms with van der Waals surface area (Å²) in [7, 11) is 0. The molecular weight excluding hydrogens is 313 g/mol. The second-order valence-corrected chi connectivity index (χ2v) is 7.64. The number of benzene rings is 1. The summed E-state index contributed by atoms with van der Waals surface area (Å²) < 4.78 is 39.4. The van der Waals surface area contributed by atoms with E-state index in [-0.39, 0.29) is 5.92 Å². The molecule has 2 aliphatic rings. The summed E-state index contributed by atoms with van der Waals surface area (Å²) in [5, 5.41) is 0. The van der Waals surface area contributed by atoms with Gasteiger partial charge in [-0.2, -0.15) is 13.2 Å². The molecule has 1 heterocycles. The minimum absolute atomic E-state index is 0.0986. The molecule has 0 bridgehead atoms. The highest BCUT2D eigenvalue weighted by atomic mass is 19.4. The topological polar surface area (TPSA) is 6.48 Å². The Morgan fingerprint density at radius 2 is 1.62 bits per heavy atom. The molecule has 134 valence electrons. The lowest BCUT2D eigenvalue weighted by Gasteiger charge is -2.35. The number of hydrogen-bond donors (Lipinski definition) is 0. The molecule has 0 aromatic heterocycles. The quantitative estimate of drug-likeness (QED) is 0.786. The highest BCUT2D eigenvalue weighted by molar-refractivity contribution is 5.33. The maximum absolute atomic E-state index is 13.1. The van der Waals surface area contributed by atoms with Crippen LogP contribution in [0.15, 0.2) is 18.2 Å². The van der Waals surface area contributed by atoms with Crippen molar-refractivity contribution in [1.82, 2.24) is 9.80 Å². The van der Waals surface area contributed by atoms with Gasteiger partial charge in [0.1, 0.15) is 0 Å². The summed E-state index contributed by atoms with van der Waals surface area (Å²) in [5.41, 5.74) is 1.03. The first-order chi connectivity index (χ1) is 11.3. The molecule has 5 heteroatoms. The predicted octanol–water partition coefficient (Wildman–Crippen LogP) is 4.36. The van der Waals surface area contributed by atoms with E-state index < -0.39 is 11.7 Å². The standard InChI is InChI=1S/C19H27F3N2/c1-14(2)17-9-16(10-18(11-17)19(20,21)22)13-24-7-5-23(6-8-24)12-15-3-4-15/h9-11,14-15H,3-8,12-13H2,1-2H3. The molecule has 1 aromatic carbocycles. The minimum Gasteiger partial charge on any atom is -0.301 e. The fraction of sp³-hybridized carbons (Fsp3) is 0.684. The molecule has 1 aromatic rings. The minimum atomic E-state index is -4.28. The third kappa shape index (κ3) is 4.73. The van der Waals surface area contributed by atoms with E-state index in [1.807, 2.05) is 19.9 Å². The van der Waals surface area contributed by atoms with E-state index in [0.717, 1.165) is 43.2 Å². The van der Waals surface area contributed by atoms with Gasteiger partial charge in [-0.1, -0.05) is 19.9 Å². The molecule has 24 heavy (non-hydrogen) atoms. The molecular formula is C19H27F3N2. The predicted molar refractivity (Wildman–Crippen MR) is 90.0 cm³/mol. The second-order valence-electron chi connectivity index (χ2n) is 7.64. The molecule has 0 N–H and O–H groups in total. The van der Waals surface area contributed by atoms with Gasteiger partial charge >= 0.3 is 6.18 Å². The molecule has 0 amide bonds. The van der Waals surface area contributed by atoms with Crippen molar-refractivity contribution in [2.75, 3.05) is 32.7 Å². The summed E-state index contributed by atoms with van der Waals surface area (Å²) in [6.07, 6.45) is -1.55. The van der Waals surface area contributed by atoms with Crippen LogP contribution in [0, 0.1) is 5.92 Å². The average molecular weight is 340 g/mol. The van der Waals surface area contributed by atoms with Crippen LogP contribution in [0.4, 0.5) is 13.2 Å². The van der Waals surface area contributed by atoms with E-state index >= 15 is 0 Å². The van der Waals surface area contributed by atoms with Gasteiger partial charge in [-0.05, 0) is 47.9 Å². The number of hydrogen-bond acceptors (Lipinski definition) is 2. The van der Waals surface area contributed by atoms with E-state index in [9.17, 15) is 13.2 Å². The normalized spacial score (nSPS) is 20.8. The van der Waals surface area contributed by atoms with Gasteiger partial charge in [0.25, 0.3) is 0 Å². The number of nitrogens with zero attached hydrogens (tertiary/aromatic N) is 2. The van der Waals surface area contributed by atoms with Crippen LogP contribution >= 0.6 is 0 Å². The molecule has 1 aliphatic carbocycles. The van der Waals surface area contributed by atoms with Crippen molar-refractivity contribution < 1.29 is 13.2 Å². The van der Waals surface area contributed by atoms with Crippen molar-refractivity contribution in [3.05, 3.63) is 34.9 Å². The van der Waals surface area contributed by atoms with Crippen LogP contribution in [-0.2, 0) is 12.7 Å². The van der Waals surface area contributed by atoms with Gasteiger partial charge in [0, 0.05) is 39.3 Å². The van der Waals surface area contributed by atoms with Gasteiger partial charge in [0.05, 0.1) is 5.56 Å². The van der Waals surface area contributed by atoms with E-state index in [1.54, 1.807) is 0 Å². The van der Waals surface area contributed by atoms with Gasteiger partial charge < -0.3 is 4.90 Å². The summed E-state index contributed by atoms with van der Waals surface area (Å²) >= 11 is 0. The highest BCUT2D eigenvalue weighted by Crippen LogP contribution is 2.33. The molecule has 0 spiro atoms. The van der Waals surface area contributed by atoms with Crippen molar-refractivity contribution in [3.63, 3.8) is 0 Å². The summed E-state index contributed by atoms with van der Waals surface area (Å²) in [6, 6.07) is 4.56. The third-order valence-electron chi connectivity index (χ3n) is 5.09. The Morgan fingerprint density at radius 3 is 2.17 bits per heavy atom. The first kappa shape index (κ1) is 17.7. The molecule has 3 rings (SSSR count). The van der Waals surface area contributed by atoms with Crippen LogP contribution in [0.5, 0.6) is 0 Å². The van der Waals surface area contributed by atoms with Crippen molar-refractivity contribution in [2.45, 2.75) is 45.3 Å². The Bertz CT molecular complexity index is 556. The average Bonchev–Trinajstić information content (AvgIpc) is 3.32. The molecule has 0 atom stereocenters. The lowest BCUT2D eigenvalue weighted by molar-refractivity contribution is -0.137. The maximum atomic E-state index is 13.1. The lowest BCUT2D eigenvalue weighted by Crippen LogP contribution is -2.46. The molecule has 2 nitrogen and oxygen atoms in total.